The maximum Gasteiger partial charge on any atom is 0.312 e. The number of methoxy groups -OCH3 is 1. The molecule has 0 radical (unpaired) electrons. The topological polar surface area (TPSA) is 122 Å². The van der Waals surface area contributed by atoms with E-state index < -0.39 is 20.6 Å². The Morgan fingerprint density at radius 2 is 1.97 bits per heavy atom. The van der Waals surface area contributed by atoms with Crippen molar-refractivity contribution in [2.75, 3.05) is 39.8 Å². The zero-order valence-corrected chi connectivity index (χ0v) is 20.0. The number of rotatable bonds is 9. The Balaban J connectivity index is 1.55. The first-order chi connectivity index (χ1) is 15.7. The van der Waals surface area contributed by atoms with Crippen molar-refractivity contribution in [3.05, 3.63) is 40.0 Å². The van der Waals surface area contributed by atoms with Crippen LogP contribution in [0.15, 0.2) is 34.7 Å². The largest absolute Gasteiger partial charge is 0.490 e. The summed E-state index contributed by atoms with van der Waals surface area (Å²) in [6, 6.07) is 3.26. The molecule has 0 bridgehead atoms. The van der Waals surface area contributed by atoms with Crippen molar-refractivity contribution < 1.29 is 22.9 Å². The molecule has 182 valence electrons. The summed E-state index contributed by atoms with van der Waals surface area (Å²) >= 11 is 0. The highest BCUT2D eigenvalue weighted by atomic mass is 32.2. The molecule has 1 aliphatic heterocycles. The fourth-order valence-corrected chi connectivity index (χ4v) is 5.69. The Kier molecular flexibility index (Phi) is 8.44. The predicted molar refractivity (Wildman–Crippen MR) is 124 cm³/mol. The van der Waals surface area contributed by atoms with E-state index in [0.717, 1.165) is 25.3 Å². The monoisotopic (exact) mass is 480 g/mol. The fourth-order valence-electron chi connectivity index (χ4n) is 4.24. The van der Waals surface area contributed by atoms with Crippen LogP contribution in [0.3, 0.4) is 0 Å². The smallest absolute Gasteiger partial charge is 0.312 e. The van der Waals surface area contributed by atoms with Crippen molar-refractivity contribution in [1.82, 2.24) is 14.5 Å². The van der Waals surface area contributed by atoms with Crippen LogP contribution in [0.5, 0.6) is 5.75 Å². The SMILES string of the molecule is COc1ccc(S(=O)(=O)N2CCN(C(C)C(=O)NCCC3=CCCCC3)CC2)cc1[N+](=O)[O-]. The zero-order chi connectivity index (χ0) is 24.0. The highest BCUT2D eigenvalue weighted by Crippen LogP contribution is 2.31. The number of amides is 1. The average molecular weight is 481 g/mol. The zero-order valence-electron chi connectivity index (χ0n) is 19.2. The van der Waals surface area contributed by atoms with Gasteiger partial charge in [-0.15, -0.1) is 0 Å². The van der Waals surface area contributed by atoms with E-state index in [4.69, 9.17) is 4.74 Å². The molecule has 0 saturated carbocycles. The second-order valence-corrected chi connectivity index (χ2v) is 10.3. The molecule has 1 N–H and O–H groups in total. The number of nitrogens with one attached hydrogen (secondary N) is 1. The molecule has 11 heteroatoms. The summed E-state index contributed by atoms with van der Waals surface area (Å²) < 4.78 is 32.3. The molecule has 0 spiro atoms. The standard InChI is InChI=1S/C22H32N4O6S/c1-17(22(27)23-11-10-18-6-4-3-5-7-18)24-12-14-25(15-13-24)33(30,31)19-8-9-21(32-2)20(16-19)26(28)29/h6,8-9,16-17H,3-5,7,10-15H2,1-2H3,(H,23,27). The van der Waals surface area contributed by atoms with E-state index in [-0.39, 0.29) is 35.7 Å². The number of hydrogen-bond acceptors (Lipinski definition) is 7. The summed E-state index contributed by atoms with van der Waals surface area (Å²) in [5.41, 5.74) is 1.01. The maximum absolute atomic E-state index is 13.0. The van der Waals surface area contributed by atoms with Crippen LogP contribution < -0.4 is 10.1 Å². The molecule has 1 aromatic carbocycles. The number of piperazine rings is 1. The van der Waals surface area contributed by atoms with Crippen molar-refractivity contribution in [3.63, 3.8) is 0 Å². The first-order valence-electron chi connectivity index (χ1n) is 11.3. The molecule has 33 heavy (non-hydrogen) atoms. The molecule has 1 heterocycles. The van der Waals surface area contributed by atoms with E-state index in [1.54, 1.807) is 0 Å². The van der Waals surface area contributed by atoms with Gasteiger partial charge in [0.05, 0.1) is 23.0 Å². The molecule has 1 unspecified atom stereocenters. The summed E-state index contributed by atoms with van der Waals surface area (Å²) in [6.07, 6.45) is 7.84. The average Bonchev–Trinajstić information content (AvgIpc) is 2.83. The van der Waals surface area contributed by atoms with Crippen molar-refractivity contribution in [1.29, 1.82) is 0 Å². The third-order valence-corrected chi connectivity index (χ3v) is 8.21. The summed E-state index contributed by atoms with van der Waals surface area (Å²) in [5.74, 6) is -0.0584. The lowest BCUT2D eigenvalue weighted by Crippen LogP contribution is -2.54. The van der Waals surface area contributed by atoms with Crippen LogP contribution in [0.1, 0.15) is 39.0 Å². The van der Waals surface area contributed by atoms with Gasteiger partial charge in [0.25, 0.3) is 0 Å². The van der Waals surface area contributed by atoms with Gasteiger partial charge in [-0.1, -0.05) is 11.6 Å². The number of sulfonamides is 1. The summed E-state index contributed by atoms with van der Waals surface area (Å²) in [7, 11) is -2.61. The minimum absolute atomic E-state index is 0.00313. The van der Waals surface area contributed by atoms with Gasteiger partial charge >= 0.3 is 5.69 Å². The van der Waals surface area contributed by atoms with Crippen LogP contribution >= 0.6 is 0 Å². The highest BCUT2D eigenvalue weighted by molar-refractivity contribution is 7.89. The molecule has 3 rings (SSSR count). The van der Waals surface area contributed by atoms with E-state index in [0.29, 0.717) is 19.6 Å². The number of benzene rings is 1. The van der Waals surface area contributed by atoms with Crippen molar-refractivity contribution >= 4 is 21.6 Å². The van der Waals surface area contributed by atoms with Crippen LogP contribution in [-0.4, -0.2) is 74.3 Å². The third kappa shape index (κ3) is 6.10. The van der Waals surface area contributed by atoms with Crippen LogP contribution in [0.4, 0.5) is 5.69 Å². The van der Waals surface area contributed by atoms with Gasteiger partial charge in [-0.25, -0.2) is 8.42 Å². The Labute approximate surface area is 194 Å². The Bertz CT molecular complexity index is 1000. The quantitative estimate of drug-likeness (QED) is 0.327. The Morgan fingerprint density at radius 1 is 1.24 bits per heavy atom. The van der Waals surface area contributed by atoms with E-state index in [2.05, 4.69) is 11.4 Å². The second kappa shape index (κ2) is 11.1. The first kappa shape index (κ1) is 25.1. The number of hydrogen-bond donors (Lipinski definition) is 1. The lowest BCUT2D eigenvalue weighted by molar-refractivity contribution is -0.386. The van der Waals surface area contributed by atoms with Gasteiger partial charge in [0.1, 0.15) is 0 Å². The maximum atomic E-state index is 13.0. The molecule has 1 aromatic rings. The molecular formula is C22H32N4O6S. The Morgan fingerprint density at radius 3 is 2.58 bits per heavy atom. The lowest BCUT2D eigenvalue weighted by Gasteiger charge is -2.36. The number of nitrogens with zero attached hydrogens (tertiary/aromatic N) is 3. The van der Waals surface area contributed by atoms with E-state index in [1.807, 2.05) is 11.8 Å². The molecule has 2 aliphatic rings. The molecular weight excluding hydrogens is 448 g/mol. The summed E-state index contributed by atoms with van der Waals surface area (Å²) in [6.45, 7) is 3.64. The van der Waals surface area contributed by atoms with E-state index in [1.165, 1.54) is 42.0 Å². The number of allylic oxidation sites excluding steroid dienone is 1. The number of ether oxygens (including phenoxy) is 1. The van der Waals surface area contributed by atoms with Gasteiger partial charge in [-0.2, -0.15) is 4.31 Å². The molecule has 1 fully saturated rings. The predicted octanol–water partition coefficient (Wildman–Crippen LogP) is 2.30. The number of carbonyl (C=O) groups excluding carboxylic acids is 1. The molecule has 1 saturated heterocycles. The normalized spacial score (nSPS) is 18.9. The number of nitro benzene ring substituents is 1. The number of carbonyl (C=O) groups is 1. The van der Waals surface area contributed by atoms with Crippen molar-refractivity contribution in [2.45, 2.75) is 50.0 Å². The third-order valence-electron chi connectivity index (χ3n) is 6.32. The minimum Gasteiger partial charge on any atom is -0.490 e. The van der Waals surface area contributed by atoms with Crippen molar-refractivity contribution in [2.24, 2.45) is 0 Å². The van der Waals surface area contributed by atoms with Gasteiger partial charge in [-0.05, 0) is 51.2 Å². The molecule has 1 amide bonds. The van der Waals surface area contributed by atoms with Crippen molar-refractivity contribution in [3.8, 4) is 5.75 Å². The molecule has 10 nitrogen and oxygen atoms in total. The van der Waals surface area contributed by atoms with Gasteiger partial charge < -0.3 is 10.1 Å². The van der Waals surface area contributed by atoms with Crippen LogP contribution in [0.25, 0.3) is 0 Å². The molecule has 1 aliphatic carbocycles. The first-order valence-corrected chi connectivity index (χ1v) is 12.7. The molecule has 0 aromatic heterocycles. The highest BCUT2D eigenvalue weighted by Gasteiger charge is 2.33. The second-order valence-electron chi connectivity index (χ2n) is 8.36. The van der Waals surface area contributed by atoms with E-state index in [9.17, 15) is 23.3 Å². The summed E-state index contributed by atoms with van der Waals surface area (Å²) in [5, 5.41) is 14.2. The fraction of sp³-hybridized carbons (Fsp3) is 0.591. The number of nitro groups is 1. The van der Waals surface area contributed by atoms with Gasteiger partial charge in [0.2, 0.25) is 15.9 Å². The lowest BCUT2D eigenvalue weighted by atomic mass is 9.97. The van der Waals surface area contributed by atoms with Gasteiger partial charge in [0.15, 0.2) is 5.75 Å². The van der Waals surface area contributed by atoms with Gasteiger partial charge in [-0.3, -0.25) is 19.8 Å². The van der Waals surface area contributed by atoms with Crippen LogP contribution in [0, 0.1) is 10.1 Å². The van der Waals surface area contributed by atoms with Crippen LogP contribution in [0.2, 0.25) is 0 Å². The molecule has 1 atom stereocenters. The van der Waals surface area contributed by atoms with E-state index >= 15 is 0 Å². The van der Waals surface area contributed by atoms with Gasteiger partial charge in [0, 0.05) is 38.8 Å². The summed E-state index contributed by atoms with van der Waals surface area (Å²) in [4.78, 5) is 25.0. The minimum atomic E-state index is -3.90. The Hall–Kier alpha value is -2.50. The van der Waals surface area contributed by atoms with Crippen LogP contribution in [-0.2, 0) is 14.8 Å².